The fourth-order valence-corrected chi connectivity index (χ4v) is 3.15. The van der Waals surface area contributed by atoms with E-state index in [2.05, 4.69) is 30.4 Å². The maximum atomic E-state index is 11.9. The molecule has 0 bridgehead atoms. The van der Waals surface area contributed by atoms with Crippen LogP contribution in [0.4, 0.5) is 4.79 Å². The minimum absolute atomic E-state index is 0.206. The highest BCUT2D eigenvalue weighted by atomic mass is 16.6. The van der Waals surface area contributed by atoms with E-state index in [1.807, 2.05) is 26.8 Å². The van der Waals surface area contributed by atoms with Gasteiger partial charge in [-0.2, -0.15) is 0 Å². The summed E-state index contributed by atoms with van der Waals surface area (Å²) in [6.45, 7) is 8.10. The molecule has 4 nitrogen and oxygen atoms in total. The summed E-state index contributed by atoms with van der Waals surface area (Å²) < 4.78 is 5.32. The molecular weight excluding hydrogens is 278 g/mol. The van der Waals surface area contributed by atoms with Crippen molar-refractivity contribution in [1.29, 1.82) is 0 Å². The number of carbonyl (C=O) groups is 1. The van der Waals surface area contributed by atoms with Gasteiger partial charge in [-0.15, -0.1) is 0 Å². The lowest BCUT2D eigenvalue weighted by molar-refractivity contribution is 0.0511. The van der Waals surface area contributed by atoms with Crippen molar-refractivity contribution in [2.75, 3.05) is 6.54 Å². The van der Waals surface area contributed by atoms with Crippen molar-refractivity contribution >= 4 is 6.09 Å². The van der Waals surface area contributed by atoms with Gasteiger partial charge in [-0.25, -0.2) is 4.79 Å². The molecule has 2 rings (SSSR count). The Balaban J connectivity index is 2.12. The van der Waals surface area contributed by atoms with Gasteiger partial charge in [0.15, 0.2) is 0 Å². The third kappa shape index (κ3) is 4.23. The van der Waals surface area contributed by atoms with E-state index in [1.165, 1.54) is 11.1 Å². The van der Waals surface area contributed by atoms with E-state index < -0.39 is 11.7 Å². The number of hydrogen-bond acceptors (Lipinski definition) is 3. The van der Waals surface area contributed by atoms with Crippen molar-refractivity contribution in [3.8, 4) is 0 Å². The number of amides is 1. The number of hydrogen-bond donors (Lipinski definition) is 2. The Kier molecular flexibility index (Phi) is 4.81. The summed E-state index contributed by atoms with van der Waals surface area (Å²) in [5, 5.41) is 12.9. The van der Waals surface area contributed by atoms with Crippen LogP contribution < -0.4 is 5.32 Å². The van der Waals surface area contributed by atoms with Gasteiger partial charge >= 0.3 is 6.09 Å². The molecular formula is C18H27NO3. The summed E-state index contributed by atoms with van der Waals surface area (Å²) >= 11 is 0. The van der Waals surface area contributed by atoms with Crippen LogP contribution in [-0.2, 0) is 10.2 Å². The Morgan fingerprint density at radius 1 is 1.45 bits per heavy atom. The summed E-state index contributed by atoms with van der Waals surface area (Å²) in [5.41, 5.74) is 1.66. The number of ether oxygens (including phenoxy) is 1. The molecule has 1 saturated carbocycles. The molecule has 1 aliphatic carbocycles. The zero-order chi connectivity index (χ0) is 16.4. The van der Waals surface area contributed by atoms with Crippen molar-refractivity contribution in [2.24, 2.45) is 0 Å². The first-order valence-corrected chi connectivity index (χ1v) is 7.92. The van der Waals surface area contributed by atoms with Crippen LogP contribution in [0, 0.1) is 6.92 Å². The Bertz CT molecular complexity index is 535. The maximum absolute atomic E-state index is 11.9. The van der Waals surface area contributed by atoms with Crippen LogP contribution in [0.2, 0.25) is 0 Å². The zero-order valence-electron chi connectivity index (χ0n) is 14.0. The lowest BCUT2D eigenvalue weighted by Gasteiger charge is -2.31. The fourth-order valence-electron chi connectivity index (χ4n) is 3.15. The molecule has 0 aromatic heterocycles. The molecule has 0 heterocycles. The minimum Gasteiger partial charge on any atom is -0.444 e. The van der Waals surface area contributed by atoms with E-state index in [0.29, 0.717) is 13.0 Å². The molecule has 4 heteroatoms. The molecule has 122 valence electrons. The molecule has 2 atom stereocenters. The highest BCUT2D eigenvalue weighted by Gasteiger charge is 2.40. The van der Waals surface area contributed by atoms with E-state index in [4.69, 9.17) is 4.74 Å². The Labute approximate surface area is 132 Å². The van der Waals surface area contributed by atoms with Gasteiger partial charge in [-0.05, 0) is 52.5 Å². The van der Waals surface area contributed by atoms with Crippen LogP contribution in [0.15, 0.2) is 24.3 Å². The molecule has 0 aliphatic heterocycles. The van der Waals surface area contributed by atoms with Gasteiger partial charge in [0.05, 0.1) is 6.10 Å². The normalized spacial score (nSPS) is 25.0. The quantitative estimate of drug-likeness (QED) is 0.901. The van der Waals surface area contributed by atoms with E-state index >= 15 is 0 Å². The standard InChI is InChI=1S/C18H27NO3/c1-13-6-5-7-14(10-13)18(9-8-15(20)11-18)12-19-16(21)22-17(2,3)4/h5-7,10,15,20H,8-9,11-12H2,1-4H3,(H,19,21). The summed E-state index contributed by atoms with van der Waals surface area (Å²) in [7, 11) is 0. The van der Waals surface area contributed by atoms with E-state index in [-0.39, 0.29) is 11.5 Å². The molecule has 1 amide bonds. The molecule has 1 aromatic carbocycles. The lowest BCUT2D eigenvalue weighted by atomic mass is 9.78. The number of aliphatic hydroxyl groups excluding tert-OH is 1. The number of alkyl carbamates (subject to hydrolysis) is 1. The highest BCUT2D eigenvalue weighted by Crippen LogP contribution is 2.41. The van der Waals surface area contributed by atoms with Gasteiger partial charge in [0.25, 0.3) is 0 Å². The number of carbonyl (C=O) groups excluding carboxylic acids is 1. The van der Waals surface area contributed by atoms with Crippen LogP contribution in [-0.4, -0.2) is 29.4 Å². The topological polar surface area (TPSA) is 58.6 Å². The molecule has 1 fully saturated rings. The molecule has 1 aliphatic rings. The summed E-state index contributed by atoms with van der Waals surface area (Å²) in [5.74, 6) is 0. The summed E-state index contributed by atoms with van der Waals surface area (Å²) in [4.78, 5) is 11.9. The maximum Gasteiger partial charge on any atom is 0.407 e. The smallest absolute Gasteiger partial charge is 0.407 e. The van der Waals surface area contributed by atoms with Crippen LogP contribution in [0.1, 0.15) is 51.2 Å². The Hall–Kier alpha value is -1.55. The summed E-state index contributed by atoms with van der Waals surface area (Å²) in [6.07, 6.45) is 1.60. The lowest BCUT2D eigenvalue weighted by Crippen LogP contribution is -2.41. The first-order chi connectivity index (χ1) is 10.2. The summed E-state index contributed by atoms with van der Waals surface area (Å²) in [6, 6.07) is 8.32. The van der Waals surface area contributed by atoms with Gasteiger partial charge in [-0.3, -0.25) is 0 Å². The zero-order valence-corrected chi connectivity index (χ0v) is 14.0. The number of aliphatic hydroxyl groups is 1. The third-order valence-corrected chi connectivity index (χ3v) is 4.18. The van der Waals surface area contributed by atoms with Crippen LogP contribution in [0.3, 0.4) is 0 Å². The second-order valence-corrected chi connectivity index (χ2v) is 7.40. The molecule has 2 unspecified atom stereocenters. The predicted octanol–water partition coefficient (Wildman–Crippen LogP) is 3.30. The first-order valence-electron chi connectivity index (χ1n) is 7.92. The number of nitrogens with one attached hydrogen (secondary N) is 1. The first kappa shape index (κ1) is 16.8. The molecule has 0 spiro atoms. The van der Waals surface area contributed by atoms with E-state index in [0.717, 1.165) is 12.8 Å². The van der Waals surface area contributed by atoms with Crippen molar-refractivity contribution in [3.63, 3.8) is 0 Å². The second kappa shape index (κ2) is 6.29. The number of benzene rings is 1. The molecule has 22 heavy (non-hydrogen) atoms. The molecule has 0 saturated heterocycles. The largest absolute Gasteiger partial charge is 0.444 e. The molecule has 2 N–H and O–H groups in total. The number of aryl methyl sites for hydroxylation is 1. The van der Waals surface area contributed by atoms with Crippen molar-refractivity contribution < 1.29 is 14.6 Å². The van der Waals surface area contributed by atoms with Crippen molar-refractivity contribution in [1.82, 2.24) is 5.32 Å². The van der Waals surface area contributed by atoms with Gasteiger partial charge in [-0.1, -0.05) is 29.8 Å². The van der Waals surface area contributed by atoms with Crippen LogP contribution >= 0.6 is 0 Å². The van der Waals surface area contributed by atoms with Gasteiger partial charge in [0, 0.05) is 12.0 Å². The molecule has 1 aromatic rings. The Morgan fingerprint density at radius 2 is 2.18 bits per heavy atom. The van der Waals surface area contributed by atoms with E-state index in [9.17, 15) is 9.90 Å². The Morgan fingerprint density at radius 3 is 2.73 bits per heavy atom. The average molecular weight is 305 g/mol. The van der Waals surface area contributed by atoms with Crippen LogP contribution in [0.5, 0.6) is 0 Å². The average Bonchev–Trinajstić information content (AvgIpc) is 2.78. The highest BCUT2D eigenvalue weighted by molar-refractivity contribution is 5.67. The van der Waals surface area contributed by atoms with Gasteiger partial charge < -0.3 is 15.2 Å². The van der Waals surface area contributed by atoms with Crippen LogP contribution in [0.25, 0.3) is 0 Å². The molecule has 0 radical (unpaired) electrons. The van der Waals surface area contributed by atoms with E-state index in [1.54, 1.807) is 0 Å². The van der Waals surface area contributed by atoms with Crippen molar-refractivity contribution in [2.45, 2.75) is 64.1 Å². The number of rotatable bonds is 3. The second-order valence-electron chi connectivity index (χ2n) is 7.40. The predicted molar refractivity (Wildman–Crippen MR) is 87.0 cm³/mol. The fraction of sp³-hybridized carbons (Fsp3) is 0.611. The van der Waals surface area contributed by atoms with Crippen molar-refractivity contribution in [3.05, 3.63) is 35.4 Å². The monoisotopic (exact) mass is 305 g/mol. The third-order valence-electron chi connectivity index (χ3n) is 4.18. The SMILES string of the molecule is Cc1cccc(C2(CNC(=O)OC(C)(C)C)CCC(O)C2)c1. The minimum atomic E-state index is -0.504. The van der Waals surface area contributed by atoms with Gasteiger partial charge in [0.2, 0.25) is 0 Å². The van der Waals surface area contributed by atoms with Gasteiger partial charge in [0.1, 0.15) is 5.60 Å².